The molecule has 208 valence electrons. The maximum absolute atomic E-state index is 14.0. The van der Waals surface area contributed by atoms with Gasteiger partial charge in [0.25, 0.3) is 10.0 Å². The number of halogens is 1. The number of rotatable bonds is 12. The molecule has 3 aromatic rings. The fourth-order valence-corrected chi connectivity index (χ4v) is 5.84. The maximum Gasteiger partial charge on any atom is 0.264 e. The Morgan fingerprint density at radius 1 is 0.974 bits per heavy atom. The van der Waals surface area contributed by atoms with Crippen LogP contribution in [0.2, 0.25) is 0 Å². The molecule has 0 unspecified atom stereocenters. The predicted octanol–water partition coefficient (Wildman–Crippen LogP) is 4.99. The second kappa shape index (κ2) is 13.6. The first-order valence-electron chi connectivity index (χ1n) is 12.6. The second-order valence-electron chi connectivity index (χ2n) is 9.14. The van der Waals surface area contributed by atoms with Crippen LogP contribution >= 0.6 is 15.9 Å². The van der Waals surface area contributed by atoms with Crippen molar-refractivity contribution in [2.45, 2.75) is 50.7 Å². The van der Waals surface area contributed by atoms with E-state index in [1.54, 1.807) is 49.4 Å². The largest absolute Gasteiger partial charge is 0.495 e. The minimum Gasteiger partial charge on any atom is -0.495 e. The fraction of sp³-hybridized carbons (Fsp3) is 0.310. The monoisotopic (exact) mass is 615 g/mol. The van der Waals surface area contributed by atoms with E-state index in [-0.39, 0.29) is 29.1 Å². The molecule has 0 aliphatic rings. The van der Waals surface area contributed by atoms with Crippen molar-refractivity contribution < 1.29 is 22.7 Å². The van der Waals surface area contributed by atoms with Crippen LogP contribution in [0.25, 0.3) is 0 Å². The van der Waals surface area contributed by atoms with E-state index in [2.05, 4.69) is 21.2 Å². The molecule has 0 aliphatic heterocycles. The van der Waals surface area contributed by atoms with E-state index in [4.69, 9.17) is 4.74 Å². The Morgan fingerprint density at radius 2 is 1.64 bits per heavy atom. The van der Waals surface area contributed by atoms with Crippen LogP contribution in [-0.2, 0) is 26.2 Å². The van der Waals surface area contributed by atoms with Crippen molar-refractivity contribution >= 4 is 43.5 Å². The predicted molar refractivity (Wildman–Crippen MR) is 156 cm³/mol. The standard InChI is InChI=1S/C29H34BrN3O5S/c1-5-21(2)31-29(35)22(3)32(19-23-12-11-13-24(30)18-23)28(34)20-33(26-16-9-10-17-27(26)38-4)39(36,37)25-14-7-6-8-15-25/h6-18,21-22H,5,19-20H2,1-4H3,(H,31,35)/t21-,22-/m0/s1. The van der Waals surface area contributed by atoms with Gasteiger partial charge in [-0.15, -0.1) is 0 Å². The van der Waals surface area contributed by atoms with Crippen LogP contribution in [0.5, 0.6) is 5.75 Å². The zero-order chi connectivity index (χ0) is 28.6. The summed E-state index contributed by atoms with van der Waals surface area (Å²) in [5, 5.41) is 2.93. The van der Waals surface area contributed by atoms with Crippen LogP contribution in [0.3, 0.4) is 0 Å². The minimum atomic E-state index is -4.17. The molecule has 39 heavy (non-hydrogen) atoms. The van der Waals surface area contributed by atoms with Crippen LogP contribution < -0.4 is 14.4 Å². The molecule has 0 saturated carbocycles. The lowest BCUT2D eigenvalue weighted by molar-refractivity contribution is -0.139. The SMILES string of the molecule is CC[C@H](C)NC(=O)[C@H](C)N(Cc1cccc(Br)c1)C(=O)CN(c1ccccc1OC)S(=O)(=O)c1ccccc1. The van der Waals surface area contributed by atoms with Gasteiger partial charge in [0.1, 0.15) is 18.3 Å². The van der Waals surface area contributed by atoms with Crippen molar-refractivity contribution in [3.63, 3.8) is 0 Å². The molecule has 1 N–H and O–H groups in total. The number of ether oxygens (including phenoxy) is 1. The molecule has 2 atom stereocenters. The molecule has 0 aliphatic carbocycles. The Hall–Kier alpha value is -3.37. The average molecular weight is 617 g/mol. The topological polar surface area (TPSA) is 96.0 Å². The number of sulfonamides is 1. The third kappa shape index (κ3) is 7.60. The summed E-state index contributed by atoms with van der Waals surface area (Å²) in [6, 6.07) is 21.0. The highest BCUT2D eigenvalue weighted by Gasteiger charge is 2.33. The van der Waals surface area contributed by atoms with Gasteiger partial charge in [0.15, 0.2) is 0 Å². The van der Waals surface area contributed by atoms with Crippen molar-refractivity contribution in [3.05, 3.63) is 88.9 Å². The lowest BCUT2D eigenvalue weighted by Crippen LogP contribution is -2.52. The molecule has 8 nitrogen and oxygen atoms in total. The van der Waals surface area contributed by atoms with Crippen LogP contribution in [0.4, 0.5) is 5.69 Å². The number of hydrogen-bond acceptors (Lipinski definition) is 5. The summed E-state index contributed by atoms with van der Waals surface area (Å²) in [6.07, 6.45) is 0.731. The zero-order valence-electron chi connectivity index (χ0n) is 22.5. The number of nitrogens with one attached hydrogen (secondary N) is 1. The van der Waals surface area contributed by atoms with Crippen molar-refractivity contribution in [1.29, 1.82) is 0 Å². The third-order valence-corrected chi connectivity index (χ3v) is 8.64. The molecular weight excluding hydrogens is 582 g/mol. The highest BCUT2D eigenvalue weighted by Crippen LogP contribution is 2.32. The first kappa shape index (κ1) is 30.2. The Bertz CT molecular complexity index is 1380. The van der Waals surface area contributed by atoms with E-state index < -0.39 is 28.5 Å². The lowest BCUT2D eigenvalue weighted by atomic mass is 10.1. The van der Waals surface area contributed by atoms with Crippen LogP contribution in [0.15, 0.2) is 88.2 Å². The van der Waals surface area contributed by atoms with Gasteiger partial charge in [0.2, 0.25) is 11.8 Å². The Balaban J connectivity index is 2.05. The quantitative estimate of drug-likeness (QED) is 0.310. The van der Waals surface area contributed by atoms with Gasteiger partial charge in [-0.1, -0.05) is 65.3 Å². The first-order valence-corrected chi connectivity index (χ1v) is 14.9. The molecule has 2 amide bonds. The third-order valence-electron chi connectivity index (χ3n) is 6.37. The van der Waals surface area contributed by atoms with Crippen LogP contribution in [-0.4, -0.2) is 50.9 Å². The van der Waals surface area contributed by atoms with E-state index in [0.29, 0.717) is 5.75 Å². The molecule has 0 saturated heterocycles. The molecule has 3 rings (SSSR count). The number of anilines is 1. The van der Waals surface area contributed by atoms with Gasteiger partial charge < -0.3 is 15.0 Å². The normalized spacial score (nSPS) is 12.7. The number of methoxy groups -OCH3 is 1. The van der Waals surface area contributed by atoms with Crippen LogP contribution in [0, 0.1) is 0 Å². The molecule has 3 aromatic carbocycles. The van der Waals surface area contributed by atoms with Gasteiger partial charge in [0, 0.05) is 17.1 Å². The number of nitrogens with zero attached hydrogens (tertiary/aromatic N) is 2. The van der Waals surface area contributed by atoms with Gasteiger partial charge >= 0.3 is 0 Å². The maximum atomic E-state index is 14.0. The summed E-state index contributed by atoms with van der Waals surface area (Å²) in [6.45, 7) is 5.07. The summed E-state index contributed by atoms with van der Waals surface area (Å²) >= 11 is 3.45. The van der Waals surface area contributed by atoms with E-state index in [9.17, 15) is 18.0 Å². The molecule has 0 heterocycles. The van der Waals surface area contributed by atoms with Gasteiger partial charge in [-0.25, -0.2) is 8.42 Å². The number of benzene rings is 3. The molecule has 10 heteroatoms. The lowest BCUT2D eigenvalue weighted by Gasteiger charge is -2.32. The number of amides is 2. The summed E-state index contributed by atoms with van der Waals surface area (Å²) in [7, 11) is -2.73. The number of para-hydroxylation sites is 2. The molecular formula is C29H34BrN3O5S. The van der Waals surface area contributed by atoms with Crippen molar-refractivity contribution in [2.24, 2.45) is 0 Å². The Kier molecular flexibility index (Phi) is 10.5. The van der Waals surface area contributed by atoms with E-state index in [1.807, 2.05) is 38.1 Å². The summed E-state index contributed by atoms with van der Waals surface area (Å²) in [4.78, 5) is 28.5. The molecule has 0 aromatic heterocycles. The highest BCUT2D eigenvalue weighted by atomic mass is 79.9. The summed E-state index contributed by atoms with van der Waals surface area (Å²) in [5.41, 5.74) is 1.01. The summed E-state index contributed by atoms with van der Waals surface area (Å²) in [5.74, 6) is -0.555. The second-order valence-corrected chi connectivity index (χ2v) is 11.9. The number of hydrogen-bond donors (Lipinski definition) is 1. The Morgan fingerprint density at radius 3 is 2.28 bits per heavy atom. The Labute approximate surface area is 239 Å². The molecule has 0 bridgehead atoms. The van der Waals surface area contributed by atoms with E-state index in [1.165, 1.54) is 24.1 Å². The van der Waals surface area contributed by atoms with Gasteiger partial charge in [-0.2, -0.15) is 0 Å². The highest BCUT2D eigenvalue weighted by molar-refractivity contribution is 9.10. The minimum absolute atomic E-state index is 0.0322. The van der Waals surface area contributed by atoms with Gasteiger partial charge in [-0.05, 0) is 62.2 Å². The van der Waals surface area contributed by atoms with Crippen molar-refractivity contribution in [2.75, 3.05) is 18.0 Å². The van der Waals surface area contributed by atoms with Gasteiger partial charge in [-0.3, -0.25) is 13.9 Å². The number of carbonyl (C=O) groups is 2. The number of carbonyl (C=O) groups excluding carboxylic acids is 2. The zero-order valence-corrected chi connectivity index (χ0v) is 24.9. The first-order chi connectivity index (χ1) is 18.6. The molecule has 0 spiro atoms. The van der Waals surface area contributed by atoms with Crippen molar-refractivity contribution in [3.8, 4) is 5.75 Å². The smallest absolute Gasteiger partial charge is 0.264 e. The average Bonchev–Trinajstić information content (AvgIpc) is 2.94. The van der Waals surface area contributed by atoms with E-state index in [0.717, 1.165) is 20.8 Å². The molecule has 0 radical (unpaired) electrons. The van der Waals surface area contributed by atoms with E-state index >= 15 is 0 Å². The van der Waals surface area contributed by atoms with Crippen LogP contribution in [0.1, 0.15) is 32.8 Å². The van der Waals surface area contributed by atoms with Crippen molar-refractivity contribution in [1.82, 2.24) is 10.2 Å². The van der Waals surface area contributed by atoms with Gasteiger partial charge in [0.05, 0.1) is 17.7 Å². The summed E-state index contributed by atoms with van der Waals surface area (Å²) < 4.78 is 35.0. The molecule has 0 fully saturated rings. The fourth-order valence-electron chi connectivity index (χ4n) is 3.95.